The molecule has 0 saturated carbocycles. The number of para-hydroxylation sites is 1. The van der Waals surface area contributed by atoms with Gasteiger partial charge in [0.15, 0.2) is 0 Å². The van der Waals surface area contributed by atoms with Crippen LogP contribution >= 0.6 is 11.8 Å². The van der Waals surface area contributed by atoms with E-state index in [0.717, 1.165) is 13.1 Å². The number of benzene rings is 2. The van der Waals surface area contributed by atoms with Crippen LogP contribution in [0.25, 0.3) is 0 Å². The zero-order valence-electron chi connectivity index (χ0n) is 12.4. The maximum Gasteiger partial charge on any atom is 0.115 e. The Kier molecular flexibility index (Phi) is 4.08. The van der Waals surface area contributed by atoms with Crippen LogP contribution in [0.1, 0.15) is 10.9 Å². The molecule has 0 saturated heterocycles. The SMILES string of the molecule is CN(C)CCN1c2ccccc2SC1c1ccc(O)cc1. The first-order valence-electron chi connectivity index (χ1n) is 7.11. The molecule has 1 heterocycles. The van der Waals surface area contributed by atoms with E-state index in [1.165, 1.54) is 16.1 Å². The van der Waals surface area contributed by atoms with Gasteiger partial charge in [-0.1, -0.05) is 36.0 Å². The van der Waals surface area contributed by atoms with Crippen LogP contribution in [-0.2, 0) is 0 Å². The van der Waals surface area contributed by atoms with Gasteiger partial charge in [0.25, 0.3) is 0 Å². The van der Waals surface area contributed by atoms with Gasteiger partial charge >= 0.3 is 0 Å². The molecule has 0 aliphatic carbocycles. The van der Waals surface area contributed by atoms with Crippen molar-refractivity contribution < 1.29 is 5.11 Å². The van der Waals surface area contributed by atoms with Crippen LogP contribution in [0.3, 0.4) is 0 Å². The Morgan fingerprint density at radius 1 is 1.10 bits per heavy atom. The Bertz CT molecular complexity index is 612. The fourth-order valence-electron chi connectivity index (χ4n) is 2.54. The molecule has 1 N–H and O–H groups in total. The van der Waals surface area contributed by atoms with E-state index in [-0.39, 0.29) is 5.37 Å². The first-order chi connectivity index (χ1) is 10.1. The minimum atomic E-state index is 0.281. The number of phenols is 1. The largest absolute Gasteiger partial charge is 0.508 e. The normalized spacial score (nSPS) is 17.3. The number of fused-ring (bicyclic) bond motifs is 1. The second-order valence-corrected chi connectivity index (χ2v) is 6.65. The van der Waals surface area contributed by atoms with Crippen molar-refractivity contribution in [2.24, 2.45) is 0 Å². The minimum Gasteiger partial charge on any atom is -0.508 e. The summed E-state index contributed by atoms with van der Waals surface area (Å²) in [6, 6.07) is 16.1. The third kappa shape index (κ3) is 3.01. The molecule has 1 atom stereocenters. The fraction of sp³-hybridized carbons (Fsp3) is 0.294. The standard InChI is InChI=1S/C17H20N2OS/c1-18(2)11-12-19-15-5-3-4-6-16(15)21-17(19)13-7-9-14(20)10-8-13/h3-10,17,20H,11-12H2,1-2H3. The molecule has 0 fully saturated rings. The summed E-state index contributed by atoms with van der Waals surface area (Å²) in [6.07, 6.45) is 0. The van der Waals surface area contributed by atoms with Crippen molar-refractivity contribution in [3.63, 3.8) is 0 Å². The number of hydrogen-bond acceptors (Lipinski definition) is 4. The molecule has 1 aliphatic heterocycles. The van der Waals surface area contributed by atoms with E-state index in [4.69, 9.17) is 0 Å². The van der Waals surface area contributed by atoms with Gasteiger partial charge in [0, 0.05) is 18.0 Å². The van der Waals surface area contributed by atoms with Crippen LogP contribution in [0.15, 0.2) is 53.4 Å². The Morgan fingerprint density at radius 2 is 1.81 bits per heavy atom. The predicted molar refractivity (Wildman–Crippen MR) is 89.0 cm³/mol. The zero-order chi connectivity index (χ0) is 14.8. The van der Waals surface area contributed by atoms with E-state index in [1.807, 2.05) is 23.9 Å². The molecule has 2 aromatic rings. The Labute approximate surface area is 130 Å². The van der Waals surface area contributed by atoms with Crippen LogP contribution in [-0.4, -0.2) is 37.2 Å². The molecule has 0 spiro atoms. The summed E-state index contributed by atoms with van der Waals surface area (Å²) in [7, 11) is 4.20. The van der Waals surface area contributed by atoms with E-state index >= 15 is 0 Å². The molecule has 4 heteroatoms. The summed E-state index contributed by atoms with van der Waals surface area (Å²) in [5, 5.41) is 9.77. The van der Waals surface area contributed by atoms with Crippen molar-refractivity contribution in [1.29, 1.82) is 0 Å². The van der Waals surface area contributed by atoms with Gasteiger partial charge in [-0.3, -0.25) is 0 Å². The first-order valence-corrected chi connectivity index (χ1v) is 7.99. The van der Waals surface area contributed by atoms with E-state index < -0.39 is 0 Å². The highest BCUT2D eigenvalue weighted by molar-refractivity contribution is 8.00. The highest BCUT2D eigenvalue weighted by Crippen LogP contribution is 2.51. The Balaban J connectivity index is 1.90. The first kappa shape index (κ1) is 14.3. The molecule has 21 heavy (non-hydrogen) atoms. The predicted octanol–water partition coefficient (Wildman–Crippen LogP) is 3.56. The molecule has 3 nitrogen and oxygen atoms in total. The molecule has 0 amide bonds. The summed E-state index contributed by atoms with van der Waals surface area (Å²) in [4.78, 5) is 5.99. The quantitative estimate of drug-likeness (QED) is 0.934. The molecular weight excluding hydrogens is 280 g/mol. The monoisotopic (exact) mass is 300 g/mol. The van der Waals surface area contributed by atoms with Crippen LogP contribution in [0.4, 0.5) is 5.69 Å². The molecule has 110 valence electrons. The lowest BCUT2D eigenvalue weighted by atomic mass is 10.2. The summed E-state index contributed by atoms with van der Waals surface area (Å²) in [5.74, 6) is 0.319. The van der Waals surface area contributed by atoms with Crippen molar-refractivity contribution in [3.8, 4) is 5.75 Å². The molecule has 3 rings (SSSR count). The van der Waals surface area contributed by atoms with Gasteiger partial charge in [0.2, 0.25) is 0 Å². The van der Waals surface area contributed by atoms with Crippen LogP contribution < -0.4 is 4.90 Å². The third-order valence-corrected chi connectivity index (χ3v) is 5.01. The summed E-state index contributed by atoms with van der Waals surface area (Å²) >= 11 is 1.88. The van der Waals surface area contributed by atoms with Crippen molar-refractivity contribution in [1.82, 2.24) is 4.90 Å². The molecule has 0 bridgehead atoms. The lowest BCUT2D eigenvalue weighted by molar-refractivity contribution is 0.412. The molecular formula is C17H20N2OS. The van der Waals surface area contributed by atoms with Gasteiger partial charge in [-0.2, -0.15) is 0 Å². The molecule has 0 aromatic heterocycles. The van der Waals surface area contributed by atoms with Crippen LogP contribution in [0, 0.1) is 0 Å². The number of likely N-dealkylation sites (N-methyl/N-ethyl adjacent to an activating group) is 1. The summed E-state index contributed by atoms with van der Waals surface area (Å²) in [5.41, 5.74) is 2.54. The van der Waals surface area contributed by atoms with Gasteiger partial charge in [-0.05, 0) is 43.9 Å². The maximum absolute atomic E-state index is 9.49. The number of aromatic hydroxyl groups is 1. The Morgan fingerprint density at radius 3 is 2.52 bits per heavy atom. The number of phenolic OH excluding ortho intramolecular Hbond substituents is 1. The highest BCUT2D eigenvalue weighted by Gasteiger charge is 2.30. The van der Waals surface area contributed by atoms with Crippen molar-refractivity contribution in [2.45, 2.75) is 10.3 Å². The van der Waals surface area contributed by atoms with Gasteiger partial charge in [0.1, 0.15) is 11.1 Å². The van der Waals surface area contributed by atoms with Gasteiger partial charge < -0.3 is 14.9 Å². The number of anilines is 1. The molecule has 1 unspecified atom stereocenters. The van der Waals surface area contributed by atoms with Crippen molar-refractivity contribution in [3.05, 3.63) is 54.1 Å². The summed E-state index contributed by atoms with van der Waals surface area (Å²) in [6.45, 7) is 2.01. The fourth-order valence-corrected chi connectivity index (χ4v) is 3.88. The number of rotatable bonds is 4. The zero-order valence-corrected chi connectivity index (χ0v) is 13.2. The van der Waals surface area contributed by atoms with Crippen molar-refractivity contribution >= 4 is 17.4 Å². The third-order valence-electron chi connectivity index (χ3n) is 3.66. The second-order valence-electron chi connectivity index (χ2n) is 5.53. The van der Waals surface area contributed by atoms with Gasteiger partial charge in [-0.15, -0.1) is 0 Å². The average Bonchev–Trinajstić information content (AvgIpc) is 2.84. The minimum absolute atomic E-state index is 0.281. The lowest BCUT2D eigenvalue weighted by Gasteiger charge is -2.28. The smallest absolute Gasteiger partial charge is 0.115 e. The lowest BCUT2D eigenvalue weighted by Crippen LogP contribution is -2.31. The van der Waals surface area contributed by atoms with E-state index in [1.54, 1.807) is 12.1 Å². The number of thioether (sulfide) groups is 1. The van der Waals surface area contributed by atoms with E-state index in [9.17, 15) is 5.11 Å². The topological polar surface area (TPSA) is 26.7 Å². The maximum atomic E-state index is 9.49. The molecule has 1 aliphatic rings. The number of hydrogen-bond donors (Lipinski definition) is 1. The van der Waals surface area contributed by atoms with Crippen LogP contribution in [0.5, 0.6) is 5.75 Å². The number of nitrogens with zero attached hydrogens (tertiary/aromatic N) is 2. The Hall–Kier alpha value is -1.65. The van der Waals surface area contributed by atoms with Gasteiger partial charge in [0.05, 0.1) is 5.69 Å². The van der Waals surface area contributed by atoms with Crippen LogP contribution in [0.2, 0.25) is 0 Å². The summed E-state index contributed by atoms with van der Waals surface area (Å²) < 4.78 is 0. The van der Waals surface area contributed by atoms with E-state index in [0.29, 0.717) is 5.75 Å². The second kappa shape index (κ2) is 6.00. The van der Waals surface area contributed by atoms with Gasteiger partial charge in [-0.25, -0.2) is 0 Å². The molecule has 0 radical (unpaired) electrons. The average molecular weight is 300 g/mol. The van der Waals surface area contributed by atoms with E-state index in [2.05, 4.69) is 48.2 Å². The highest BCUT2D eigenvalue weighted by atomic mass is 32.2. The molecule has 2 aromatic carbocycles. The van der Waals surface area contributed by atoms with Crippen molar-refractivity contribution in [2.75, 3.05) is 32.1 Å².